The van der Waals surface area contributed by atoms with Crippen molar-refractivity contribution < 1.29 is 5.11 Å². The van der Waals surface area contributed by atoms with E-state index >= 15 is 0 Å². The van der Waals surface area contributed by atoms with Gasteiger partial charge < -0.3 is 10.4 Å². The number of benzene rings is 1. The number of nitrogens with zero attached hydrogens (tertiary/aromatic N) is 1. The molecule has 0 radical (unpaired) electrons. The molecule has 1 saturated heterocycles. The van der Waals surface area contributed by atoms with Crippen molar-refractivity contribution in [1.82, 2.24) is 10.2 Å². The van der Waals surface area contributed by atoms with Crippen LogP contribution in [0.1, 0.15) is 25.8 Å². The van der Waals surface area contributed by atoms with Crippen molar-refractivity contribution in [2.75, 3.05) is 19.6 Å². The standard InChI is InChI=1S/C16H26N2O/c1-13(2)8-15-9-17-10-16(19)12-18(15)11-14-6-4-3-5-7-14/h3-7,13,15-17,19H,8-12H2,1-2H3. The Morgan fingerprint density at radius 1 is 1.26 bits per heavy atom. The van der Waals surface area contributed by atoms with Gasteiger partial charge in [-0.25, -0.2) is 0 Å². The molecular formula is C16H26N2O. The molecule has 3 nitrogen and oxygen atoms in total. The third-order valence-electron chi connectivity index (χ3n) is 3.69. The lowest BCUT2D eigenvalue weighted by Crippen LogP contribution is -2.41. The molecule has 1 aromatic carbocycles. The third-order valence-corrected chi connectivity index (χ3v) is 3.69. The zero-order valence-electron chi connectivity index (χ0n) is 12.0. The zero-order valence-corrected chi connectivity index (χ0v) is 12.0. The first-order valence-electron chi connectivity index (χ1n) is 7.32. The summed E-state index contributed by atoms with van der Waals surface area (Å²) in [4.78, 5) is 2.43. The highest BCUT2D eigenvalue weighted by Crippen LogP contribution is 2.17. The molecular weight excluding hydrogens is 236 g/mol. The molecule has 3 heteroatoms. The Labute approximate surface area is 116 Å². The molecule has 2 N–H and O–H groups in total. The van der Waals surface area contributed by atoms with Crippen LogP contribution in [0.15, 0.2) is 30.3 Å². The van der Waals surface area contributed by atoms with Crippen LogP contribution in [0.25, 0.3) is 0 Å². The maximum atomic E-state index is 9.99. The lowest BCUT2D eigenvalue weighted by molar-refractivity contribution is 0.0981. The summed E-state index contributed by atoms with van der Waals surface area (Å²) in [6, 6.07) is 11.1. The molecule has 106 valence electrons. The Hall–Kier alpha value is -0.900. The Kier molecular flexibility index (Phi) is 5.37. The van der Waals surface area contributed by atoms with E-state index in [1.807, 2.05) is 6.07 Å². The van der Waals surface area contributed by atoms with Crippen LogP contribution < -0.4 is 5.32 Å². The maximum Gasteiger partial charge on any atom is 0.0791 e. The van der Waals surface area contributed by atoms with E-state index in [9.17, 15) is 5.11 Å². The smallest absolute Gasteiger partial charge is 0.0791 e. The highest BCUT2D eigenvalue weighted by Gasteiger charge is 2.25. The van der Waals surface area contributed by atoms with Crippen molar-refractivity contribution in [2.45, 2.75) is 39.0 Å². The van der Waals surface area contributed by atoms with Gasteiger partial charge in [0.15, 0.2) is 0 Å². The molecule has 2 atom stereocenters. The predicted molar refractivity (Wildman–Crippen MR) is 79.0 cm³/mol. The Morgan fingerprint density at radius 2 is 2.00 bits per heavy atom. The molecule has 0 aromatic heterocycles. The van der Waals surface area contributed by atoms with Gasteiger partial charge in [-0.2, -0.15) is 0 Å². The van der Waals surface area contributed by atoms with Crippen LogP contribution in [0, 0.1) is 5.92 Å². The van der Waals surface area contributed by atoms with E-state index in [1.165, 1.54) is 12.0 Å². The summed E-state index contributed by atoms with van der Waals surface area (Å²) in [6.45, 7) is 7.91. The van der Waals surface area contributed by atoms with Crippen molar-refractivity contribution >= 4 is 0 Å². The van der Waals surface area contributed by atoms with E-state index in [4.69, 9.17) is 0 Å². The first-order chi connectivity index (χ1) is 9.15. The average Bonchev–Trinajstić information content (AvgIpc) is 2.53. The predicted octanol–water partition coefficient (Wildman–Crippen LogP) is 1.87. The summed E-state index contributed by atoms with van der Waals surface area (Å²) >= 11 is 0. The van der Waals surface area contributed by atoms with Crippen LogP contribution >= 0.6 is 0 Å². The van der Waals surface area contributed by atoms with Crippen LogP contribution in [-0.2, 0) is 6.54 Å². The Bertz CT molecular complexity index is 366. The van der Waals surface area contributed by atoms with Gasteiger partial charge >= 0.3 is 0 Å². The number of β-amino-alcohol motifs (C(OH)–C–C–N with tert-alkyl or cyclic N) is 1. The molecule has 1 aliphatic rings. The Balaban J connectivity index is 2.06. The van der Waals surface area contributed by atoms with E-state index in [2.05, 4.69) is 48.3 Å². The number of aliphatic hydroxyl groups excluding tert-OH is 1. The first kappa shape index (κ1) is 14.5. The van der Waals surface area contributed by atoms with Crippen molar-refractivity contribution in [3.8, 4) is 0 Å². The SMILES string of the molecule is CC(C)CC1CNCC(O)CN1Cc1ccccc1. The fraction of sp³-hybridized carbons (Fsp3) is 0.625. The number of nitrogens with one attached hydrogen (secondary N) is 1. The van der Waals surface area contributed by atoms with Crippen molar-refractivity contribution in [3.05, 3.63) is 35.9 Å². The minimum atomic E-state index is -0.263. The molecule has 1 aromatic rings. The van der Waals surface area contributed by atoms with Gasteiger partial charge in [-0.05, 0) is 17.9 Å². The molecule has 1 fully saturated rings. The normalized spacial score (nSPS) is 25.5. The van der Waals surface area contributed by atoms with E-state index < -0.39 is 0 Å². The number of hydrogen-bond donors (Lipinski definition) is 2. The van der Waals surface area contributed by atoms with Gasteiger partial charge in [0.1, 0.15) is 0 Å². The Morgan fingerprint density at radius 3 is 2.68 bits per heavy atom. The lowest BCUT2D eigenvalue weighted by atomic mass is 10.0. The second-order valence-electron chi connectivity index (χ2n) is 6.01. The van der Waals surface area contributed by atoms with Gasteiger partial charge in [0.25, 0.3) is 0 Å². The van der Waals surface area contributed by atoms with Gasteiger partial charge in [0, 0.05) is 32.2 Å². The minimum absolute atomic E-state index is 0.263. The summed E-state index contributed by atoms with van der Waals surface area (Å²) in [5.74, 6) is 0.681. The van der Waals surface area contributed by atoms with Crippen molar-refractivity contribution in [2.24, 2.45) is 5.92 Å². The van der Waals surface area contributed by atoms with Crippen LogP contribution in [0.4, 0.5) is 0 Å². The number of rotatable bonds is 4. The van der Waals surface area contributed by atoms with Gasteiger partial charge in [-0.15, -0.1) is 0 Å². The van der Waals surface area contributed by atoms with E-state index in [-0.39, 0.29) is 6.10 Å². The largest absolute Gasteiger partial charge is 0.390 e. The van der Waals surface area contributed by atoms with Crippen molar-refractivity contribution in [3.63, 3.8) is 0 Å². The first-order valence-corrected chi connectivity index (χ1v) is 7.32. The maximum absolute atomic E-state index is 9.99. The molecule has 2 unspecified atom stereocenters. The molecule has 0 saturated carbocycles. The van der Waals surface area contributed by atoms with Crippen LogP contribution in [-0.4, -0.2) is 41.8 Å². The molecule has 2 rings (SSSR count). The van der Waals surface area contributed by atoms with Gasteiger partial charge in [-0.3, -0.25) is 4.90 Å². The molecule has 1 aliphatic heterocycles. The van der Waals surface area contributed by atoms with E-state index in [0.717, 1.165) is 19.6 Å². The second kappa shape index (κ2) is 7.04. The van der Waals surface area contributed by atoms with Gasteiger partial charge in [-0.1, -0.05) is 44.2 Å². The second-order valence-corrected chi connectivity index (χ2v) is 6.01. The van der Waals surface area contributed by atoms with Crippen LogP contribution in [0.5, 0.6) is 0 Å². The number of aliphatic hydroxyl groups is 1. The average molecular weight is 262 g/mol. The lowest BCUT2D eigenvalue weighted by Gasteiger charge is -2.31. The van der Waals surface area contributed by atoms with E-state index in [0.29, 0.717) is 18.5 Å². The molecule has 0 amide bonds. The summed E-state index contributed by atoms with van der Waals surface area (Å²) < 4.78 is 0. The molecule has 0 aliphatic carbocycles. The van der Waals surface area contributed by atoms with Gasteiger partial charge in [0.2, 0.25) is 0 Å². The highest BCUT2D eigenvalue weighted by molar-refractivity contribution is 5.14. The monoisotopic (exact) mass is 262 g/mol. The highest BCUT2D eigenvalue weighted by atomic mass is 16.3. The molecule has 19 heavy (non-hydrogen) atoms. The summed E-state index contributed by atoms with van der Waals surface area (Å²) in [5.41, 5.74) is 1.32. The fourth-order valence-corrected chi connectivity index (χ4v) is 2.82. The summed E-state index contributed by atoms with van der Waals surface area (Å²) in [5, 5.41) is 13.4. The summed E-state index contributed by atoms with van der Waals surface area (Å²) in [7, 11) is 0. The van der Waals surface area contributed by atoms with Crippen molar-refractivity contribution in [1.29, 1.82) is 0 Å². The van der Waals surface area contributed by atoms with Gasteiger partial charge in [0.05, 0.1) is 6.10 Å². The molecule has 1 heterocycles. The minimum Gasteiger partial charge on any atom is -0.390 e. The van der Waals surface area contributed by atoms with Crippen LogP contribution in [0.2, 0.25) is 0 Å². The van der Waals surface area contributed by atoms with E-state index in [1.54, 1.807) is 0 Å². The summed E-state index contributed by atoms with van der Waals surface area (Å²) in [6.07, 6.45) is 0.910. The van der Waals surface area contributed by atoms with Crippen LogP contribution in [0.3, 0.4) is 0 Å². The topological polar surface area (TPSA) is 35.5 Å². The quantitative estimate of drug-likeness (QED) is 0.869. The fourth-order valence-electron chi connectivity index (χ4n) is 2.82. The molecule has 0 spiro atoms. The molecule has 0 bridgehead atoms. The number of hydrogen-bond acceptors (Lipinski definition) is 3. The zero-order chi connectivity index (χ0) is 13.7. The third kappa shape index (κ3) is 4.60.